The summed E-state index contributed by atoms with van der Waals surface area (Å²) in [4.78, 5) is 12.5. The SMILES string of the molecule is O=C(CSc1nnc(Nc2ccc(SC(F)F)cc2)s1)Nc1ccccc1C(F)(F)F. The topological polar surface area (TPSA) is 66.9 Å². The van der Waals surface area contributed by atoms with Gasteiger partial charge in [-0.1, -0.05) is 47.0 Å². The van der Waals surface area contributed by atoms with E-state index in [-0.39, 0.29) is 11.4 Å². The normalized spacial score (nSPS) is 11.5. The number of carbonyl (C=O) groups excluding carboxylic acids is 1. The van der Waals surface area contributed by atoms with Gasteiger partial charge in [-0.15, -0.1) is 10.2 Å². The van der Waals surface area contributed by atoms with Crippen LogP contribution in [0.2, 0.25) is 0 Å². The number of benzene rings is 2. The molecule has 0 saturated carbocycles. The summed E-state index contributed by atoms with van der Waals surface area (Å²) in [6.07, 6.45) is -4.58. The van der Waals surface area contributed by atoms with E-state index in [0.717, 1.165) is 29.2 Å². The summed E-state index contributed by atoms with van der Waals surface area (Å²) >= 11 is 2.61. The number of anilines is 3. The minimum atomic E-state index is -4.58. The first-order chi connectivity index (χ1) is 14.7. The summed E-state index contributed by atoms with van der Waals surface area (Å²) < 4.78 is 64.1. The Morgan fingerprint density at radius 2 is 1.77 bits per heavy atom. The van der Waals surface area contributed by atoms with Gasteiger partial charge in [0.1, 0.15) is 0 Å². The highest BCUT2D eigenvalue weighted by molar-refractivity contribution is 8.01. The molecule has 164 valence electrons. The van der Waals surface area contributed by atoms with Crippen LogP contribution in [-0.2, 0) is 11.0 Å². The quantitative estimate of drug-likeness (QED) is 0.282. The molecular formula is C18H13F5N4OS3. The highest BCUT2D eigenvalue weighted by atomic mass is 32.2. The highest BCUT2D eigenvalue weighted by Gasteiger charge is 2.33. The zero-order chi connectivity index (χ0) is 22.4. The molecule has 31 heavy (non-hydrogen) atoms. The maximum Gasteiger partial charge on any atom is 0.418 e. The van der Waals surface area contributed by atoms with Crippen molar-refractivity contribution in [1.82, 2.24) is 10.2 Å². The number of nitrogens with one attached hydrogen (secondary N) is 2. The first-order valence-electron chi connectivity index (χ1n) is 8.45. The van der Waals surface area contributed by atoms with Crippen LogP contribution in [-0.4, -0.2) is 27.6 Å². The highest BCUT2D eigenvalue weighted by Crippen LogP contribution is 2.35. The molecule has 0 fully saturated rings. The summed E-state index contributed by atoms with van der Waals surface area (Å²) in [5, 5.41) is 13.5. The molecule has 0 spiro atoms. The molecule has 0 bridgehead atoms. The Kier molecular flexibility index (Phi) is 7.73. The molecule has 5 nitrogen and oxygen atoms in total. The average Bonchev–Trinajstić information content (AvgIpc) is 3.14. The lowest BCUT2D eigenvalue weighted by Crippen LogP contribution is -2.18. The van der Waals surface area contributed by atoms with Gasteiger partial charge in [0.25, 0.3) is 5.76 Å². The predicted octanol–water partition coefficient (Wildman–Crippen LogP) is 6.35. The van der Waals surface area contributed by atoms with Gasteiger partial charge in [0, 0.05) is 10.6 Å². The van der Waals surface area contributed by atoms with Crippen molar-refractivity contribution in [3.05, 3.63) is 54.1 Å². The molecule has 1 aromatic heterocycles. The van der Waals surface area contributed by atoms with E-state index in [0.29, 0.717) is 31.8 Å². The molecule has 1 amide bonds. The van der Waals surface area contributed by atoms with Crippen molar-refractivity contribution >= 4 is 57.3 Å². The second-order valence-corrected chi connectivity index (χ2v) is 9.04. The summed E-state index contributed by atoms with van der Waals surface area (Å²) in [5.41, 5.74) is -0.616. The lowest BCUT2D eigenvalue weighted by atomic mass is 10.1. The molecule has 1 heterocycles. The number of para-hydroxylation sites is 1. The molecule has 13 heteroatoms. The van der Waals surface area contributed by atoms with E-state index in [4.69, 9.17) is 0 Å². The van der Waals surface area contributed by atoms with Crippen molar-refractivity contribution in [1.29, 1.82) is 0 Å². The van der Waals surface area contributed by atoms with Gasteiger partial charge in [-0.3, -0.25) is 4.79 Å². The number of halogens is 5. The maximum atomic E-state index is 13.0. The lowest BCUT2D eigenvalue weighted by molar-refractivity contribution is -0.137. The molecular weight excluding hydrogens is 479 g/mol. The Bertz CT molecular complexity index is 1030. The molecule has 3 rings (SSSR count). The van der Waals surface area contributed by atoms with Crippen LogP contribution in [0.3, 0.4) is 0 Å². The van der Waals surface area contributed by atoms with Crippen LogP contribution in [0.15, 0.2) is 57.8 Å². The first-order valence-corrected chi connectivity index (χ1v) is 11.1. The third-order valence-electron chi connectivity index (χ3n) is 3.57. The van der Waals surface area contributed by atoms with Gasteiger partial charge in [-0.2, -0.15) is 22.0 Å². The predicted molar refractivity (Wildman–Crippen MR) is 112 cm³/mol. The van der Waals surface area contributed by atoms with Crippen molar-refractivity contribution in [3.63, 3.8) is 0 Å². The molecule has 0 saturated heterocycles. The van der Waals surface area contributed by atoms with Crippen LogP contribution in [0.5, 0.6) is 0 Å². The number of rotatable bonds is 8. The summed E-state index contributed by atoms with van der Waals surface area (Å²) in [5.74, 6) is -3.26. The third kappa shape index (κ3) is 7.08. The summed E-state index contributed by atoms with van der Waals surface area (Å²) in [6.45, 7) is 0. The Balaban J connectivity index is 1.53. The van der Waals surface area contributed by atoms with Gasteiger partial charge in [-0.25, -0.2) is 0 Å². The van der Waals surface area contributed by atoms with E-state index in [1.165, 1.54) is 18.2 Å². The molecule has 0 atom stereocenters. The Morgan fingerprint density at radius 3 is 2.45 bits per heavy atom. The number of alkyl halides is 5. The standard InChI is InChI=1S/C18H13F5N4OS3/c19-15(20)30-11-7-5-10(6-8-11)24-16-26-27-17(31-16)29-9-14(28)25-13-4-2-1-3-12(13)18(21,22)23/h1-8,15H,9H2,(H,24,26)(H,25,28). The molecule has 0 unspecified atom stereocenters. The fourth-order valence-corrected chi connectivity index (χ4v) is 4.39. The Labute approximate surface area is 185 Å². The van der Waals surface area contributed by atoms with Crippen LogP contribution >= 0.6 is 34.9 Å². The number of hydrogen-bond donors (Lipinski definition) is 2. The zero-order valence-electron chi connectivity index (χ0n) is 15.3. The van der Waals surface area contributed by atoms with Crippen molar-refractivity contribution in [2.24, 2.45) is 0 Å². The van der Waals surface area contributed by atoms with Crippen molar-refractivity contribution < 1.29 is 26.7 Å². The number of thioether (sulfide) groups is 2. The molecule has 0 aliphatic carbocycles. The van der Waals surface area contributed by atoms with Crippen LogP contribution < -0.4 is 10.6 Å². The molecule has 2 aromatic carbocycles. The summed E-state index contributed by atoms with van der Waals surface area (Å²) in [7, 11) is 0. The van der Waals surface area contributed by atoms with Crippen LogP contribution in [0.1, 0.15) is 5.56 Å². The van der Waals surface area contributed by atoms with Crippen molar-refractivity contribution in [2.75, 3.05) is 16.4 Å². The fraction of sp³-hybridized carbons (Fsp3) is 0.167. The number of nitrogens with zero attached hydrogens (tertiary/aromatic N) is 2. The van der Waals surface area contributed by atoms with E-state index in [1.807, 2.05) is 0 Å². The number of carbonyl (C=O) groups is 1. The molecule has 2 N–H and O–H groups in total. The van der Waals surface area contributed by atoms with E-state index < -0.39 is 23.4 Å². The fourth-order valence-electron chi connectivity index (χ4n) is 2.31. The van der Waals surface area contributed by atoms with Crippen LogP contribution in [0.25, 0.3) is 0 Å². The zero-order valence-corrected chi connectivity index (χ0v) is 17.8. The Hall–Kier alpha value is -2.38. The van der Waals surface area contributed by atoms with E-state index in [2.05, 4.69) is 20.8 Å². The largest absolute Gasteiger partial charge is 0.418 e. The van der Waals surface area contributed by atoms with Gasteiger partial charge in [-0.05, 0) is 36.4 Å². The molecule has 0 aliphatic heterocycles. The second-order valence-electron chi connectivity index (χ2n) is 5.78. The van der Waals surface area contributed by atoms with E-state index in [1.54, 1.807) is 24.3 Å². The van der Waals surface area contributed by atoms with Gasteiger partial charge >= 0.3 is 6.18 Å². The van der Waals surface area contributed by atoms with Crippen LogP contribution in [0.4, 0.5) is 38.5 Å². The van der Waals surface area contributed by atoms with Gasteiger partial charge < -0.3 is 10.6 Å². The molecule has 3 aromatic rings. The van der Waals surface area contributed by atoms with Crippen LogP contribution in [0, 0.1) is 0 Å². The van der Waals surface area contributed by atoms with E-state index >= 15 is 0 Å². The first kappa shape index (κ1) is 23.3. The maximum absolute atomic E-state index is 13.0. The lowest BCUT2D eigenvalue weighted by Gasteiger charge is -2.13. The monoisotopic (exact) mass is 492 g/mol. The number of hydrogen-bond acceptors (Lipinski definition) is 7. The average molecular weight is 493 g/mol. The number of aromatic nitrogens is 2. The van der Waals surface area contributed by atoms with E-state index in [9.17, 15) is 26.7 Å². The minimum absolute atomic E-state index is 0.152. The minimum Gasteiger partial charge on any atom is -0.330 e. The number of amides is 1. The third-order valence-corrected chi connectivity index (χ3v) is 6.27. The smallest absolute Gasteiger partial charge is 0.330 e. The van der Waals surface area contributed by atoms with Crippen molar-refractivity contribution in [2.45, 2.75) is 21.2 Å². The van der Waals surface area contributed by atoms with Crippen molar-refractivity contribution in [3.8, 4) is 0 Å². The molecule has 0 aliphatic rings. The summed E-state index contributed by atoms with van der Waals surface area (Å²) in [6, 6.07) is 11.0. The van der Waals surface area contributed by atoms with Gasteiger partial charge in [0.2, 0.25) is 11.0 Å². The van der Waals surface area contributed by atoms with Gasteiger partial charge in [0.05, 0.1) is 17.0 Å². The Morgan fingerprint density at radius 1 is 1.06 bits per heavy atom. The van der Waals surface area contributed by atoms with Gasteiger partial charge in [0.15, 0.2) is 4.34 Å². The second kappa shape index (κ2) is 10.3. The molecule has 0 radical (unpaired) electrons.